The summed E-state index contributed by atoms with van der Waals surface area (Å²) < 4.78 is 0. The molecule has 2 fully saturated rings. The second kappa shape index (κ2) is 8.93. The predicted molar refractivity (Wildman–Crippen MR) is 82.6 cm³/mol. The second-order valence-corrected chi connectivity index (χ2v) is 6.52. The third kappa shape index (κ3) is 5.80. The molecule has 0 atom stereocenters. The van der Waals surface area contributed by atoms with Crippen LogP contribution in [-0.2, 0) is 0 Å². The maximum Gasteiger partial charge on any atom is 0.00922 e. The Morgan fingerprint density at radius 1 is 1.05 bits per heavy atom. The Morgan fingerprint density at radius 3 is 2.53 bits per heavy atom. The molecule has 2 aliphatic rings. The third-order valence-corrected chi connectivity index (χ3v) is 4.95. The molecule has 1 aliphatic heterocycles. The molecule has 0 unspecified atom stereocenters. The van der Waals surface area contributed by atoms with Crippen LogP contribution >= 0.6 is 0 Å². The van der Waals surface area contributed by atoms with Crippen LogP contribution in [0.15, 0.2) is 0 Å². The molecule has 2 rings (SSSR count). The first-order chi connectivity index (χ1) is 9.36. The van der Waals surface area contributed by atoms with Gasteiger partial charge in [-0.05, 0) is 77.8 Å². The van der Waals surface area contributed by atoms with Crippen LogP contribution < -0.4 is 10.6 Å². The number of nitrogens with one attached hydrogen (secondary N) is 2. The van der Waals surface area contributed by atoms with Crippen LogP contribution in [-0.4, -0.2) is 50.7 Å². The van der Waals surface area contributed by atoms with Gasteiger partial charge < -0.3 is 15.5 Å². The van der Waals surface area contributed by atoms with Gasteiger partial charge in [-0.15, -0.1) is 0 Å². The molecule has 3 nitrogen and oxygen atoms in total. The molecule has 19 heavy (non-hydrogen) atoms. The lowest BCUT2D eigenvalue weighted by Gasteiger charge is -2.31. The van der Waals surface area contributed by atoms with Gasteiger partial charge in [0.1, 0.15) is 0 Å². The van der Waals surface area contributed by atoms with E-state index in [1.165, 1.54) is 84.1 Å². The first-order valence-corrected chi connectivity index (χ1v) is 8.48. The molecular weight excluding hydrogens is 234 g/mol. The van der Waals surface area contributed by atoms with E-state index < -0.39 is 0 Å². The minimum Gasteiger partial charge on any atom is -0.317 e. The van der Waals surface area contributed by atoms with Crippen LogP contribution in [0.5, 0.6) is 0 Å². The first kappa shape index (κ1) is 15.3. The van der Waals surface area contributed by atoms with Crippen molar-refractivity contribution in [3.8, 4) is 0 Å². The quantitative estimate of drug-likeness (QED) is 0.693. The molecule has 0 aromatic rings. The Bertz CT molecular complexity index is 220. The summed E-state index contributed by atoms with van der Waals surface area (Å²) in [6.07, 6.45) is 11.2. The van der Waals surface area contributed by atoms with Gasteiger partial charge in [0, 0.05) is 6.04 Å². The molecular formula is C16H33N3. The highest BCUT2D eigenvalue weighted by molar-refractivity contribution is 4.74. The van der Waals surface area contributed by atoms with Crippen LogP contribution in [0.4, 0.5) is 0 Å². The standard InChI is InChI=1S/C16H33N3/c1-19(16-6-3-2-4-7-16)13-5-10-18-14-15-8-11-17-12-9-15/h15-18H,2-14H2,1H3. The van der Waals surface area contributed by atoms with Gasteiger partial charge in [0.2, 0.25) is 0 Å². The highest BCUT2D eigenvalue weighted by Crippen LogP contribution is 2.21. The van der Waals surface area contributed by atoms with Crippen LogP contribution in [0.25, 0.3) is 0 Å². The zero-order valence-corrected chi connectivity index (χ0v) is 12.8. The largest absolute Gasteiger partial charge is 0.317 e. The van der Waals surface area contributed by atoms with E-state index in [0.29, 0.717) is 0 Å². The SMILES string of the molecule is CN(CCCNCC1CCNCC1)C1CCCCC1. The normalized spacial score (nSPS) is 23.1. The van der Waals surface area contributed by atoms with E-state index >= 15 is 0 Å². The van der Waals surface area contributed by atoms with E-state index in [-0.39, 0.29) is 0 Å². The molecule has 1 aliphatic carbocycles. The van der Waals surface area contributed by atoms with Crippen molar-refractivity contribution >= 4 is 0 Å². The van der Waals surface area contributed by atoms with Crippen molar-refractivity contribution in [3.05, 3.63) is 0 Å². The summed E-state index contributed by atoms with van der Waals surface area (Å²) in [5, 5.41) is 7.09. The van der Waals surface area contributed by atoms with Gasteiger partial charge >= 0.3 is 0 Å². The van der Waals surface area contributed by atoms with Gasteiger partial charge in [-0.1, -0.05) is 19.3 Å². The van der Waals surface area contributed by atoms with E-state index in [1.807, 2.05) is 0 Å². The van der Waals surface area contributed by atoms with E-state index in [1.54, 1.807) is 0 Å². The van der Waals surface area contributed by atoms with E-state index in [4.69, 9.17) is 0 Å². The van der Waals surface area contributed by atoms with Crippen LogP contribution in [0.3, 0.4) is 0 Å². The van der Waals surface area contributed by atoms with Gasteiger partial charge in [0.05, 0.1) is 0 Å². The predicted octanol–water partition coefficient (Wildman–Crippen LogP) is 2.23. The average molecular weight is 267 g/mol. The van der Waals surface area contributed by atoms with Crippen molar-refractivity contribution in [1.29, 1.82) is 0 Å². The summed E-state index contributed by atoms with van der Waals surface area (Å²) >= 11 is 0. The summed E-state index contributed by atoms with van der Waals surface area (Å²) in [5.74, 6) is 0.914. The lowest BCUT2D eigenvalue weighted by atomic mass is 9.94. The van der Waals surface area contributed by atoms with Gasteiger partial charge in [0.25, 0.3) is 0 Å². The lowest BCUT2D eigenvalue weighted by molar-refractivity contribution is 0.189. The molecule has 0 bridgehead atoms. The summed E-state index contributed by atoms with van der Waals surface area (Å²) in [6.45, 7) is 6.13. The van der Waals surface area contributed by atoms with Crippen molar-refractivity contribution in [3.63, 3.8) is 0 Å². The maximum absolute atomic E-state index is 3.66. The molecule has 0 spiro atoms. The Balaban J connectivity index is 1.46. The average Bonchev–Trinajstić information content (AvgIpc) is 2.49. The molecule has 1 saturated carbocycles. The number of hydrogen-bond donors (Lipinski definition) is 2. The van der Waals surface area contributed by atoms with E-state index in [2.05, 4.69) is 22.6 Å². The van der Waals surface area contributed by atoms with Gasteiger partial charge in [-0.25, -0.2) is 0 Å². The van der Waals surface area contributed by atoms with E-state index in [0.717, 1.165) is 12.0 Å². The summed E-state index contributed by atoms with van der Waals surface area (Å²) in [4.78, 5) is 2.60. The highest BCUT2D eigenvalue weighted by Gasteiger charge is 2.17. The smallest absolute Gasteiger partial charge is 0.00922 e. The topological polar surface area (TPSA) is 27.3 Å². The molecule has 0 aromatic carbocycles. The summed E-state index contributed by atoms with van der Waals surface area (Å²) in [6, 6.07) is 0.873. The molecule has 0 radical (unpaired) electrons. The zero-order chi connectivity index (χ0) is 13.3. The number of piperidine rings is 1. The summed E-state index contributed by atoms with van der Waals surface area (Å²) in [5.41, 5.74) is 0. The molecule has 1 saturated heterocycles. The Labute approximate surface area is 119 Å². The van der Waals surface area contributed by atoms with Crippen LogP contribution in [0, 0.1) is 5.92 Å². The molecule has 112 valence electrons. The lowest BCUT2D eigenvalue weighted by Crippen LogP contribution is -2.36. The number of rotatable bonds is 7. The minimum atomic E-state index is 0.873. The summed E-state index contributed by atoms with van der Waals surface area (Å²) in [7, 11) is 2.32. The maximum atomic E-state index is 3.66. The Kier molecular flexibility index (Phi) is 7.18. The molecule has 0 amide bonds. The monoisotopic (exact) mass is 267 g/mol. The van der Waals surface area contributed by atoms with Crippen LogP contribution in [0.2, 0.25) is 0 Å². The fourth-order valence-corrected chi connectivity index (χ4v) is 3.55. The van der Waals surface area contributed by atoms with Gasteiger partial charge in [-0.3, -0.25) is 0 Å². The third-order valence-electron chi connectivity index (χ3n) is 4.95. The molecule has 1 heterocycles. The highest BCUT2D eigenvalue weighted by atomic mass is 15.1. The molecule has 0 aromatic heterocycles. The number of hydrogen-bond acceptors (Lipinski definition) is 3. The van der Waals surface area contributed by atoms with Crippen molar-refractivity contribution in [1.82, 2.24) is 15.5 Å². The van der Waals surface area contributed by atoms with Crippen molar-refractivity contribution in [2.24, 2.45) is 5.92 Å². The second-order valence-electron chi connectivity index (χ2n) is 6.52. The van der Waals surface area contributed by atoms with Gasteiger partial charge in [-0.2, -0.15) is 0 Å². The molecule has 2 N–H and O–H groups in total. The van der Waals surface area contributed by atoms with Crippen LogP contribution in [0.1, 0.15) is 51.4 Å². The fraction of sp³-hybridized carbons (Fsp3) is 1.00. The van der Waals surface area contributed by atoms with Crippen molar-refractivity contribution < 1.29 is 0 Å². The zero-order valence-electron chi connectivity index (χ0n) is 12.8. The molecule has 3 heteroatoms. The van der Waals surface area contributed by atoms with E-state index in [9.17, 15) is 0 Å². The van der Waals surface area contributed by atoms with Gasteiger partial charge in [0.15, 0.2) is 0 Å². The van der Waals surface area contributed by atoms with Crippen molar-refractivity contribution in [2.75, 3.05) is 39.8 Å². The minimum absolute atomic E-state index is 0.873. The number of nitrogens with zero attached hydrogens (tertiary/aromatic N) is 1. The Hall–Kier alpha value is -0.120. The Morgan fingerprint density at radius 2 is 1.79 bits per heavy atom. The fourth-order valence-electron chi connectivity index (χ4n) is 3.55. The first-order valence-electron chi connectivity index (χ1n) is 8.48. The van der Waals surface area contributed by atoms with Crippen molar-refractivity contribution in [2.45, 2.75) is 57.4 Å².